The molecule has 1 aliphatic heterocycles. The normalized spacial score (nSPS) is 18.5. The fraction of sp³-hybridized carbons (Fsp3) is 0.286. The summed E-state index contributed by atoms with van der Waals surface area (Å²) in [6, 6.07) is 18.7. The SMILES string of the molecule is O=C(NCc1cccnc1)[C@@H]1C[C@H](NCc2ccccc2C(F)(F)F)CN1C/C=C/c1ccccc1. The van der Waals surface area contributed by atoms with Gasteiger partial charge in [0, 0.05) is 44.6 Å². The number of nitrogens with zero attached hydrogens (tertiary/aromatic N) is 2. The van der Waals surface area contributed by atoms with E-state index in [0.717, 1.165) is 17.2 Å². The Bertz CT molecular complexity index is 1150. The van der Waals surface area contributed by atoms with E-state index in [-0.39, 0.29) is 24.1 Å². The summed E-state index contributed by atoms with van der Waals surface area (Å²) in [5.41, 5.74) is 1.53. The molecule has 4 rings (SSSR count). The predicted molar refractivity (Wildman–Crippen MR) is 134 cm³/mol. The molecule has 36 heavy (non-hydrogen) atoms. The van der Waals surface area contributed by atoms with Crippen molar-refractivity contribution in [3.63, 3.8) is 0 Å². The van der Waals surface area contributed by atoms with E-state index >= 15 is 0 Å². The van der Waals surface area contributed by atoms with Crippen LogP contribution in [0.4, 0.5) is 13.2 Å². The van der Waals surface area contributed by atoms with Crippen molar-refractivity contribution in [1.29, 1.82) is 0 Å². The van der Waals surface area contributed by atoms with Gasteiger partial charge in [0.2, 0.25) is 5.91 Å². The van der Waals surface area contributed by atoms with Crippen LogP contribution in [-0.4, -0.2) is 41.0 Å². The van der Waals surface area contributed by atoms with Gasteiger partial charge in [0.15, 0.2) is 0 Å². The summed E-state index contributed by atoms with van der Waals surface area (Å²) in [5, 5.41) is 6.23. The van der Waals surface area contributed by atoms with Crippen molar-refractivity contribution in [2.45, 2.75) is 37.8 Å². The van der Waals surface area contributed by atoms with Crippen LogP contribution in [0.15, 0.2) is 85.2 Å². The molecule has 0 radical (unpaired) electrons. The van der Waals surface area contributed by atoms with Gasteiger partial charge >= 0.3 is 6.18 Å². The van der Waals surface area contributed by atoms with E-state index in [1.54, 1.807) is 18.5 Å². The van der Waals surface area contributed by atoms with E-state index in [4.69, 9.17) is 0 Å². The Morgan fingerprint density at radius 1 is 1.03 bits per heavy atom. The maximum absolute atomic E-state index is 13.4. The number of pyridine rings is 1. The van der Waals surface area contributed by atoms with E-state index in [1.165, 1.54) is 12.1 Å². The minimum atomic E-state index is -4.41. The fourth-order valence-electron chi connectivity index (χ4n) is 4.43. The third-order valence-corrected chi connectivity index (χ3v) is 6.25. The van der Waals surface area contributed by atoms with Crippen LogP contribution >= 0.6 is 0 Å². The number of hydrogen-bond acceptors (Lipinski definition) is 4. The van der Waals surface area contributed by atoms with Crippen LogP contribution in [0.2, 0.25) is 0 Å². The number of rotatable bonds is 9. The third kappa shape index (κ3) is 7.02. The standard InChI is InChI=1S/C28H29F3N4O/c29-28(30,31)25-13-5-4-12-23(25)19-33-24-16-26(27(36)34-18-22-10-6-14-32-17-22)35(20-24)15-7-11-21-8-2-1-3-9-21/h1-14,17,24,26,33H,15-16,18-20H2,(H,34,36)/b11-7+/t24-,26-/m0/s1. The van der Waals surface area contributed by atoms with Gasteiger partial charge in [0.1, 0.15) is 0 Å². The van der Waals surface area contributed by atoms with Crippen LogP contribution in [0.3, 0.4) is 0 Å². The number of halogens is 3. The van der Waals surface area contributed by atoms with E-state index < -0.39 is 17.8 Å². The van der Waals surface area contributed by atoms with Crippen molar-refractivity contribution in [1.82, 2.24) is 20.5 Å². The second-order valence-corrected chi connectivity index (χ2v) is 8.83. The number of aromatic nitrogens is 1. The smallest absolute Gasteiger partial charge is 0.351 e. The van der Waals surface area contributed by atoms with E-state index in [9.17, 15) is 18.0 Å². The molecule has 2 atom stereocenters. The van der Waals surface area contributed by atoms with Gasteiger partial charge in [-0.3, -0.25) is 14.7 Å². The van der Waals surface area contributed by atoms with Crippen LogP contribution in [0.25, 0.3) is 6.08 Å². The topological polar surface area (TPSA) is 57.3 Å². The Hall–Kier alpha value is -3.49. The van der Waals surface area contributed by atoms with Crippen molar-refractivity contribution in [3.05, 3.63) is 107 Å². The number of carbonyl (C=O) groups excluding carboxylic acids is 1. The molecular formula is C28H29F3N4O. The fourth-order valence-corrected chi connectivity index (χ4v) is 4.43. The zero-order chi connectivity index (χ0) is 25.4. The van der Waals surface area contributed by atoms with Crippen LogP contribution in [0.5, 0.6) is 0 Å². The predicted octanol–water partition coefficient (Wildman–Crippen LogP) is 4.66. The number of carbonyl (C=O) groups is 1. The number of benzene rings is 2. The molecule has 188 valence electrons. The largest absolute Gasteiger partial charge is 0.416 e. The average Bonchev–Trinajstić information content (AvgIpc) is 3.30. The molecule has 1 fully saturated rings. The Morgan fingerprint density at radius 3 is 2.56 bits per heavy atom. The highest BCUT2D eigenvalue weighted by Gasteiger charge is 2.37. The summed E-state index contributed by atoms with van der Waals surface area (Å²) in [6.45, 7) is 1.56. The van der Waals surface area contributed by atoms with Gasteiger partial charge in [-0.25, -0.2) is 0 Å². The van der Waals surface area contributed by atoms with Gasteiger partial charge in [-0.1, -0.05) is 66.7 Å². The third-order valence-electron chi connectivity index (χ3n) is 6.25. The molecule has 1 amide bonds. The summed E-state index contributed by atoms with van der Waals surface area (Å²) in [7, 11) is 0. The zero-order valence-electron chi connectivity index (χ0n) is 19.8. The van der Waals surface area contributed by atoms with Crippen LogP contribution < -0.4 is 10.6 Å². The van der Waals surface area contributed by atoms with Gasteiger partial charge in [-0.2, -0.15) is 13.2 Å². The van der Waals surface area contributed by atoms with Gasteiger partial charge < -0.3 is 10.6 Å². The van der Waals surface area contributed by atoms with Crippen molar-refractivity contribution < 1.29 is 18.0 Å². The average molecular weight is 495 g/mol. The van der Waals surface area contributed by atoms with Gasteiger partial charge in [0.05, 0.1) is 11.6 Å². The molecule has 0 bridgehead atoms. The molecule has 2 N–H and O–H groups in total. The first kappa shape index (κ1) is 25.6. The molecule has 1 aromatic heterocycles. The lowest BCUT2D eigenvalue weighted by molar-refractivity contribution is -0.138. The first-order valence-electron chi connectivity index (χ1n) is 11.9. The first-order chi connectivity index (χ1) is 17.4. The molecule has 0 spiro atoms. The summed E-state index contributed by atoms with van der Waals surface area (Å²) in [5.74, 6) is -0.105. The second kappa shape index (κ2) is 12.0. The molecule has 3 aromatic rings. The number of alkyl halides is 3. The van der Waals surface area contributed by atoms with Gasteiger partial charge in [-0.05, 0) is 35.2 Å². The Balaban J connectivity index is 1.42. The van der Waals surface area contributed by atoms with Gasteiger partial charge in [-0.15, -0.1) is 0 Å². The molecule has 2 aromatic carbocycles. The second-order valence-electron chi connectivity index (χ2n) is 8.83. The van der Waals surface area contributed by atoms with Crippen LogP contribution in [0.1, 0.15) is 28.7 Å². The van der Waals surface area contributed by atoms with E-state index in [1.807, 2.05) is 54.6 Å². The molecule has 1 saturated heterocycles. The van der Waals surface area contributed by atoms with Crippen molar-refractivity contribution in [3.8, 4) is 0 Å². The molecule has 0 saturated carbocycles. The number of hydrogen-bond donors (Lipinski definition) is 2. The monoisotopic (exact) mass is 494 g/mol. The molecule has 2 heterocycles. The summed E-state index contributed by atoms with van der Waals surface area (Å²) in [6.07, 6.45) is 3.50. The maximum Gasteiger partial charge on any atom is 0.416 e. The number of likely N-dealkylation sites (tertiary alicyclic amines) is 1. The summed E-state index contributed by atoms with van der Waals surface area (Å²) >= 11 is 0. The maximum atomic E-state index is 13.4. The molecule has 8 heteroatoms. The van der Waals surface area contributed by atoms with Crippen LogP contribution in [-0.2, 0) is 24.1 Å². The molecule has 0 aliphatic carbocycles. The quantitative estimate of drug-likeness (QED) is 0.454. The van der Waals surface area contributed by atoms with Crippen molar-refractivity contribution in [2.24, 2.45) is 0 Å². The first-order valence-corrected chi connectivity index (χ1v) is 11.9. The van der Waals surface area contributed by atoms with Gasteiger partial charge in [0.25, 0.3) is 0 Å². The van der Waals surface area contributed by atoms with E-state index in [0.29, 0.717) is 26.1 Å². The van der Waals surface area contributed by atoms with Crippen molar-refractivity contribution in [2.75, 3.05) is 13.1 Å². The van der Waals surface area contributed by atoms with E-state index in [2.05, 4.69) is 20.5 Å². The summed E-state index contributed by atoms with van der Waals surface area (Å²) in [4.78, 5) is 19.2. The lowest BCUT2D eigenvalue weighted by Crippen LogP contribution is -2.43. The number of amides is 1. The molecule has 0 unspecified atom stereocenters. The Morgan fingerprint density at radius 2 is 1.81 bits per heavy atom. The molecule has 5 nitrogen and oxygen atoms in total. The molecule has 1 aliphatic rings. The minimum absolute atomic E-state index is 0.0814. The highest BCUT2D eigenvalue weighted by molar-refractivity contribution is 5.82. The van der Waals surface area contributed by atoms with Crippen LogP contribution in [0, 0.1) is 0 Å². The Kier molecular flexibility index (Phi) is 8.51. The number of nitrogens with one attached hydrogen (secondary N) is 2. The highest BCUT2D eigenvalue weighted by atomic mass is 19.4. The summed E-state index contributed by atoms with van der Waals surface area (Å²) < 4.78 is 40.1. The zero-order valence-corrected chi connectivity index (χ0v) is 19.8. The highest BCUT2D eigenvalue weighted by Crippen LogP contribution is 2.32. The molecular weight excluding hydrogens is 465 g/mol. The Labute approximate surface area is 209 Å². The minimum Gasteiger partial charge on any atom is -0.351 e. The lowest BCUT2D eigenvalue weighted by atomic mass is 10.1. The lowest BCUT2D eigenvalue weighted by Gasteiger charge is -2.22. The van der Waals surface area contributed by atoms with Crippen molar-refractivity contribution >= 4 is 12.0 Å².